The van der Waals surface area contributed by atoms with Crippen LogP contribution in [0.1, 0.15) is 36.6 Å². The highest BCUT2D eigenvalue weighted by molar-refractivity contribution is 7.99. The van der Waals surface area contributed by atoms with Crippen LogP contribution in [0.5, 0.6) is 0 Å². The number of aromatic nitrogens is 1. The van der Waals surface area contributed by atoms with Gasteiger partial charge in [-0.25, -0.2) is 4.98 Å². The summed E-state index contributed by atoms with van der Waals surface area (Å²) in [7, 11) is 0. The lowest BCUT2D eigenvalue weighted by atomic mass is 9.97. The van der Waals surface area contributed by atoms with Crippen LogP contribution in [0.15, 0.2) is 6.20 Å². The maximum atomic E-state index is 10.4. The van der Waals surface area contributed by atoms with E-state index in [4.69, 9.17) is 0 Å². The molecule has 0 spiro atoms. The molecule has 2 N–H and O–H groups in total. The van der Waals surface area contributed by atoms with Gasteiger partial charge in [0.2, 0.25) is 0 Å². The van der Waals surface area contributed by atoms with Gasteiger partial charge in [-0.05, 0) is 30.3 Å². The average molecular weight is 300 g/mol. The van der Waals surface area contributed by atoms with Crippen LogP contribution in [0.3, 0.4) is 0 Å². The first-order valence-electron chi connectivity index (χ1n) is 7.02. The number of nitrogens with one attached hydrogen (secondary N) is 1. The Balaban J connectivity index is 1.74. The first kappa shape index (κ1) is 15.3. The van der Waals surface area contributed by atoms with E-state index in [0.29, 0.717) is 12.5 Å². The molecular formula is C14H24N2OS2. The van der Waals surface area contributed by atoms with Crippen molar-refractivity contribution in [3.8, 4) is 0 Å². The second kappa shape index (κ2) is 7.07. The first-order valence-corrected chi connectivity index (χ1v) is 8.99. The van der Waals surface area contributed by atoms with Gasteiger partial charge in [0.05, 0.1) is 10.6 Å². The summed E-state index contributed by atoms with van der Waals surface area (Å²) < 4.78 is 0. The Morgan fingerprint density at radius 1 is 1.42 bits per heavy atom. The smallest absolute Gasteiger partial charge is 0.0930 e. The van der Waals surface area contributed by atoms with E-state index < -0.39 is 5.60 Å². The number of thiazole rings is 1. The van der Waals surface area contributed by atoms with E-state index in [2.05, 4.69) is 24.1 Å². The minimum Gasteiger partial charge on any atom is -0.389 e. The third-order valence-electron chi connectivity index (χ3n) is 3.36. The minimum absolute atomic E-state index is 0.489. The van der Waals surface area contributed by atoms with Crippen LogP contribution in [-0.4, -0.2) is 33.7 Å². The maximum Gasteiger partial charge on any atom is 0.0930 e. The van der Waals surface area contributed by atoms with E-state index in [0.717, 1.165) is 37.3 Å². The topological polar surface area (TPSA) is 45.2 Å². The Hall–Kier alpha value is -0.100. The zero-order valence-corrected chi connectivity index (χ0v) is 13.4. The molecule has 2 rings (SSSR count). The fourth-order valence-electron chi connectivity index (χ4n) is 2.22. The van der Waals surface area contributed by atoms with Crippen molar-refractivity contribution in [1.82, 2.24) is 10.3 Å². The zero-order chi connectivity index (χ0) is 13.7. The molecule has 1 aromatic rings. The third-order valence-corrected chi connectivity index (χ3v) is 5.37. The van der Waals surface area contributed by atoms with Crippen molar-refractivity contribution in [1.29, 1.82) is 0 Å². The maximum absolute atomic E-state index is 10.4. The molecular weight excluding hydrogens is 276 g/mol. The van der Waals surface area contributed by atoms with Crippen molar-refractivity contribution in [2.75, 3.05) is 18.1 Å². The summed E-state index contributed by atoms with van der Waals surface area (Å²) in [4.78, 5) is 5.72. The molecule has 0 bridgehead atoms. The molecule has 0 amide bonds. The molecule has 0 unspecified atom stereocenters. The second-order valence-electron chi connectivity index (χ2n) is 5.76. The quantitative estimate of drug-likeness (QED) is 0.848. The highest BCUT2D eigenvalue weighted by atomic mass is 32.2. The van der Waals surface area contributed by atoms with Crippen LogP contribution in [0, 0.1) is 5.92 Å². The standard InChI is InChI=1S/C14H24N2OS2/c1-11(2)7-13-16-9-12(19-13)8-15-10-14(17)3-5-18-6-4-14/h9,11,15,17H,3-8,10H2,1-2H3. The van der Waals surface area contributed by atoms with Crippen molar-refractivity contribution >= 4 is 23.1 Å². The normalized spacial score (nSPS) is 18.9. The summed E-state index contributed by atoms with van der Waals surface area (Å²) in [6, 6.07) is 0. The molecule has 1 saturated heterocycles. The van der Waals surface area contributed by atoms with Gasteiger partial charge in [0.15, 0.2) is 0 Å². The molecule has 0 saturated carbocycles. The molecule has 0 aliphatic carbocycles. The van der Waals surface area contributed by atoms with Crippen LogP contribution in [-0.2, 0) is 13.0 Å². The molecule has 1 fully saturated rings. The van der Waals surface area contributed by atoms with Crippen molar-refractivity contribution in [3.63, 3.8) is 0 Å². The second-order valence-corrected chi connectivity index (χ2v) is 8.18. The molecule has 0 radical (unpaired) electrons. The van der Waals surface area contributed by atoms with Gasteiger partial charge in [-0.3, -0.25) is 0 Å². The van der Waals surface area contributed by atoms with Gasteiger partial charge in [-0.1, -0.05) is 13.8 Å². The van der Waals surface area contributed by atoms with Crippen molar-refractivity contribution < 1.29 is 5.11 Å². The van der Waals surface area contributed by atoms with Crippen LogP contribution < -0.4 is 5.32 Å². The fraction of sp³-hybridized carbons (Fsp3) is 0.786. The van der Waals surface area contributed by atoms with Gasteiger partial charge in [-0.2, -0.15) is 11.8 Å². The van der Waals surface area contributed by atoms with E-state index >= 15 is 0 Å². The third kappa shape index (κ3) is 5.06. The van der Waals surface area contributed by atoms with Crippen LogP contribution in [0.4, 0.5) is 0 Å². The predicted octanol–water partition coefficient (Wildman–Crippen LogP) is 2.69. The van der Waals surface area contributed by atoms with Crippen LogP contribution in [0.25, 0.3) is 0 Å². The number of nitrogens with zero attached hydrogens (tertiary/aromatic N) is 1. The number of hydrogen-bond acceptors (Lipinski definition) is 5. The Kier molecular flexibility index (Phi) is 5.69. The zero-order valence-electron chi connectivity index (χ0n) is 11.8. The van der Waals surface area contributed by atoms with E-state index in [-0.39, 0.29) is 0 Å². The number of rotatable bonds is 6. The Morgan fingerprint density at radius 3 is 2.84 bits per heavy atom. The Bertz CT molecular complexity index is 387. The van der Waals surface area contributed by atoms with Gasteiger partial charge >= 0.3 is 0 Å². The monoisotopic (exact) mass is 300 g/mol. The molecule has 19 heavy (non-hydrogen) atoms. The first-order chi connectivity index (χ1) is 9.07. The average Bonchev–Trinajstić information content (AvgIpc) is 2.76. The van der Waals surface area contributed by atoms with E-state index in [1.807, 2.05) is 18.0 Å². The molecule has 0 aromatic carbocycles. The Morgan fingerprint density at radius 2 is 2.16 bits per heavy atom. The molecule has 1 aromatic heterocycles. The van der Waals surface area contributed by atoms with E-state index in [9.17, 15) is 5.11 Å². The molecule has 5 heteroatoms. The summed E-state index contributed by atoms with van der Waals surface area (Å²) in [6.45, 7) is 5.96. The van der Waals surface area contributed by atoms with Crippen LogP contribution in [0.2, 0.25) is 0 Å². The molecule has 108 valence electrons. The van der Waals surface area contributed by atoms with Crippen LogP contribution >= 0.6 is 23.1 Å². The molecule has 2 heterocycles. The van der Waals surface area contributed by atoms with Gasteiger partial charge < -0.3 is 10.4 Å². The molecule has 1 aliphatic rings. The summed E-state index contributed by atoms with van der Waals surface area (Å²) in [5, 5.41) is 15.0. The Labute approximate surface area is 124 Å². The highest BCUT2D eigenvalue weighted by Crippen LogP contribution is 2.26. The van der Waals surface area contributed by atoms with Gasteiger partial charge in [0, 0.05) is 30.6 Å². The number of thioether (sulfide) groups is 1. The summed E-state index contributed by atoms with van der Waals surface area (Å²) in [5.74, 6) is 2.82. The predicted molar refractivity (Wildman–Crippen MR) is 83.9 cm³/mol. The summed E-state index contributed by atoms with van der Waals surface area (Å²) in [6.07, 6.45) is 4.85. The lowest BCUT2D eigenvalue weighted by Gasteiger charge is -2.31. The lowest BCUT2D eigenvalue weighted by Crippen LogP contribution is -2.43. The lowest BCUT2D eigenvalue weighted by molar-refractivity contribution is 0.0321. The van der Waals surface area contributed by atoms with Crippen molar-refractivity contribution in [2.45, 2.75) is 45.3 Å². The van der Waals surface area contributed by atoms with Gasteiger partial charge in [-0.15, -0.1) is 11.3 Å². The van der Waals surface area contributed by atoms with Gasteiger partial charge in [0.1, 0.15) is 0 Å². The SMILES string of the molecule is CC(C)Cc1ncc(CNCC2(O)CCSCC2)s1. The van der Waals surface area contributed by atoms with E-state index in [1.54, 1.807) is 11.3 Å². The fourth-order valence-corrected chi connectivity index (χ4v) is 4.58. The van der Waals surface area contributed by atoms with Crippen molar-refractivity contribution in [3.05, 3.63) is 16.1 Å². The molecule has 0 atom stereocenters. The van der Waals surface area contributed by atoms with Gasteiger partial charge in [0.25, 0.3) is 0 Å². The summed E-state index contributed by atoms with van der Waals surface area (Å²) >= 11 is 3.73. The molecule has 3 nitrogen and oxygen atoms in total. The highest BCUT2D eigenvalue weighted by Gasteiger charge is 2.28. The van der Waals surface area contributed by atoms with Crippen molar-refractivity contribution in [2.24, 2.45) is 5.92 Å². The minimum atomic E-state index is -0.489. The molecule has 1 aliphatic heterocycles. The number of aliphatic hydroxyl groups is 1. The largest absolute Gasteiger partial charge is 0.389 e. The number of hydrogen-bond donors (Lipinski definition) is 2. The van der Waals surface area contributed by atoms with E-state index in [1.165, 1.54) is 9.88 Å². The summed E-state index contributed by atoms with van der Waals surface area (Å²) in [5.41, 5.74) is -0.489.